The molecule has 2 heterocycles. The van der Waals surface area contributed by atoms with Crippen LogP contribution in [0, 0.1) is 16.7 Å². The first kappa shape index (κ1) is 18.6. The molecule has 1 unspecified atom stereocenters. The lowest BCUT2D eigenvalue weighted by Gasteiger charge is -2.40. The third-order valence-electron chi connectivity index (χ3n) is 5.38. The lowest BCUT2D eigenvalue weighted by atomic mass is 9.77. The molecule has 3 rings (SSSR count). The Morgan fingerprint density at radius 2 is 2.04 bits per heavy atom. The van der Waals surface area contributed by atoms with Crippen molar-refractivity contribution in [3.8, 4) is 17.3 Å². The van der Waals surface area contributed by atoms with E-state index in [-0.39, 0.29) is 11.8 Å². The first-order valence-electron chi connectivity index (χ1n) is 9.05. The van der Waals surface area contributed by atoms with Crippen molar-refractivity contribution in [2.24, 2.45) is 11.1 Å². The number of piperidine rings is 1. The van der Waals surface area contributed by atoms with Gasteiger partial charge in [-0.05, 0) is 43.5 Å². The molecule has 0 spiro atoms. The summed E-state index contributed by atoms with van der Waals surface area (Å²) in [6.07, 6.45) is 3.72. The molecule has 6 heteroatoms. The average Bonchev–Trinajstić information content (AvgIpc) is 2.73. The van der Waals surface area contributed by atoms with Crippen LogP contribution in [0.15, 0.2) is 42.6 Å². The second-order valence-electron chi connectivity index (χ2n) is 6.95. The first-order valence-corrected chi connectivity index (χ1v) is 9.05. The Hall–Kier alpha value is -3.20. The van der Waals surface area contributed by atoms with E-state index in [2.05, 4.69) is 11.1 Å². The van der Waals surface area contributed by atoms with E-state index >= 15 is 0 Å². The summed E-state index contributed by atoms with van der Waals surface area (Å²) < 4.78 is 0. The molecule has 2 N–H and O–H groups in total. The van der Waals surface area contributed by atoms with E-state index in [4.69, 9.17) is 11.0 Å². The molecule has 1 aromatic heterocycles. The van der Waals surface area contributed by atoms with E-state index in [9.17, 15) is 9.59 Å². The van der Waals surface area contributed by atoms with Gasteiger partial charge in [0.05, 0.1) is 22.7 Å². The zero-order valence-electron chi connectivity index (χ0n) is 15.3. The van der Waals surface area contributed by atoms with Gasteiger partial charge >= 0.3 is 0 Å². The second-order valence-corrected chi connectivity index (χ2v) is 6.95. The smallest absolute Gasteiger partial charge is 0.253 e. The van der Waals surface area contributed by atoms with Crippen molar-refractivity contribution in [2.75, 3.05) is 13.1 Å². The minimum Gasteiger partial charge on any atom is -0.369 e. The van der Waals surface area contributed by atoms with Crippen molar-refractivity contribution in [3.63, 3.8) is 0 Å². The van der Waals surface area contributed by atoms with Gasteiger partial charge in [-0.25, -0.2) is 0 Å². The molecule has 0 radical (unpaired) electrons. The maximum atomic E-state index is 12.9. The number of pyridine rings is 1. The molecule has 1 aromatic carbocycles. The monoisotopic (exact) mass is 362 g/mol. The standard InChI is InChI=1S/C21H22N4O2/c1-2-21(20(23)27)9-3-11-25(14-21)19(26)17-6-4-16(5-7-17)18-12-15(13-22)8-10-24-18/h4-8,10,12H,2-3,9,11,14H2,1H3,(H2,23,27). The summed E-state index contributed by atoms with van der Waals surface area (Å²) in [5, 5.41) is 9.01. The molecule has 0 aliphatic carbocycles. The van der Waals surface area contributed by atoms with E-state index in [0.29, 0.717) is 36.3 Å². The highest BCUT2D eigenvalue weighted by atomic mass is 16.2. The molecule has 1 fully saturated rings. The van der Waals surface area contributed by atoms with Crippen molar-refractivity contribution in [1.82, 2.24) is 9.88 Å². The summed E-state index contributed by atoms with van der Waals surface area (Å²) in [4.78, 5) is 30.8. The third-order valence-corrected chi connectivity index (χ3v) is 5.38. The number of aromatic nitrogens is 1. The van der Waals surface area contributed by atoms with Gasteiger partial charge in [0.15, 0.2) is 0 Å². The van der Waals surface area contributed by atoms with Crippen LogP contribution in [0.4, 0.5) is 0 Å². The third kappa shape index (κ3) is 3.68. The number of carbonyl (C=O) groups is 2. The van der Waals surface area contributed by atoms with Gasteiger partial charge in [-0.1, -0.05) is 19.1 Å². The van der Waals surface area contributed by atoms with E-state index in [1.165, 1.54) is 0 Å². The number of hydrogen-bond donors (Lipinski definition) is 1. The van der Waals surface area contributed by atoms with Crippen molar-refractivity contribution in [3.05, 3.63) is 53.7 Å². The second kappa shape index (κ2) is 7.58. The van der Waals surface area contributed by atoms with Gasteiger partial charge in [0.1, 0.15) is 0 Å². The number of rotatable bonds is 4. The fraction of sp³-hybridized carbons (Fsp3) is 0.333. The Labute approximate surface area is 158 Å². The number of nitriles is 1. The van der Waals surface area contributed by atoms with Gasteiger partial charge in [0.2, 0.25) is 5.91 Å². The molecule has 2 amide bonds. The molecule has 2 aromatic rings. The van der Waals surface area contributed by atoms with Crippen molar-refractivity contribution >= 4 is 11.8 Å². The van der Waals surface area contributed by atoms with Gasteiger partial charge in [0.25, 0.3) is 5.91 Å². The van der Waals surface area contributed by atoms with Gasteiger partial charge in [-0.2, -0.15) is 5.26 Å². The van der Waals surface area contributed by atoms with Crippen LogP contribution < -0.4 is 5.73 Å². The Kier molecular flexibility index (Phi) is 5.22. The maximum Gasteiger partial charge on any atom is 0.253 e. The Morgan fingerprint density at radius 1 is 1.30 bits per heavy atom. The zero-order valence-corrected chi connectivity index (χ0v) is 15.3. The van der Waals surface area contributed by atoms with Crippen LogP contribution in [-0.2, 0) is 4.79 Å². The highest BCUT2D eigenvalue weighted by molar-refractivity contribution is 5.95. The van der Waals surface area contributed by atoms with Crippen molar-refractivity contribution in [2.45, 2.75) is 26.2 Å². The molecule has 1 aliphatic rings. The zero-order chi connectivity index (χ0) is 19.4. The topological polar surface area (TPSA) is 100 Å². The van der Waals surface area contributed by atoms with E-state index in [1.54, 1.807) is 35.4 Å². The van der Waals surface area contributed by atoms with Crippen molar-refractivity contribution < 1.29 is 9.59 Å². The molecule has 27 heavy (non-hydrogen) atoms. The minimum atomic E-state index is -0.629. The Morgan fingerprint density at radius 3 is 2.67 bits per heavy atom. The number of benzene rings is 1. The van der Waals surface area contributed by atoms with Crippen LogP contribution in [0.5, 0.6) is 0 Å². The summed E-state index contributed by atoms with van der Waals surface area (Å²) in [7, 11) is 0. The van der Waals surface area contributed by atoms with Crippen LogP contribution in [0.3, 0.4) is 0 Å². The highest BCUT2D eigenvalue weighted by Gasteiger charge is 2.40. The fourth-order valence-electron chi connectivity index (χ4n) is 3.59. The summed E-state index contributed by atoms with van der Waals surface area (Å²) in [6, 6.07) is 12.6. The van der Waals surface area contributed by atoms with Crippen LogP contribution in [0.2, 0.25) is 0 Å². The lowest BCUT2D eigenvalue weighted by molar-refractivity contribution is -0.130. The fourth-order valence-corrected chi connectivity index (χ4v) is 3.59. The molecular formula is C21H22N4O2. The van der Waals surface area contributed by atoms with Gasteiger partial charge in [-0.3, -0.25) is 14.6 Å². The number of hydrogen-bond acceptors (Lipinski definition) is 4. The summed E-state index contributed by atoms with van der Waals surface area (Å²) in [6.45, 7) is 2.93. The van der Waals surface area contributed by atoms with E-state index in [0.717, 1.165) is 18.4 Å². The summed E-state index contributed by atoms with van der Waals surface area (Å²) in [5.41, 5.74) is 7.61. The predicted octanol–water partition coefficient (Wildman–Crippen LogP) is 2.74. The summed E-state index contributed by atoms with van der Waals surface area (Å²) in [5.74, 6) is -0.430. The molecule has 6 nitrogen and oxygen atoms in total. The minimum absolute atomic E-state index is 0.0981. The SMILES string of the molecule is CCC1(C(N)=O)CCCN(C(=O)c2ccc(-c3cc(C#N)ccn3)cc2)C1. The highest BCUT2D eigenvalue weighted by Crippen LogP contribution is 2.33. The number of likely N-dealkylation sites (tertiary alicyclic amines) is 1. The molecule has 138 valence electrons. The maximum absolute atomic E-state index is 12.9. The number of primary amides is 1. The number of amides is 2. The largest absolute Gasteiger partial charge is 0.369 e. The molecular weight excluding hydrogens is 340 g/mol. The van der Waals surface area contributed by atoms with Gasteiger partial charge in [-0.15, -0.1) is 0 Å². The van der Waals surface area contributed by atoms with Gasteiger partial charge < -0.3 is 10.6 Å². The summed E-state index contributed by atoms with van der Waals surface area (Å²) >= 11 is 0. The first-order chi connectivity index (χ1) is 13.0. The average molecular weight is 362 g/mol. The van der Waals surface area contributed by atoms with E-state index in [1.807, 2.05) is 19.1 Å². The molecule has 1 aliphatic heterocycles. The lowest BCUT2D eigenvalue weighted by Crippen LogP contribution is -2.51. The molecule has 1 saturated heterocycles. The van der Waals surface area contributed by atoms with Crippen LogP contribution >= 0.6 is 0 Å². The molecule has 0 saturated carbocycles. The van der Waals surface area contributed by atoms with Gasteiger partial charge in [0, 0.05) is 30.4 Å². The number of carbonyl (C=O) groups excluding carboxylic acids is 2. The molecule has 0 bridgehead atoms. The van der Waals surface area contributed by atoms with Crippen LogP contribution in [0.25, 0.3) is 11.3 Å². The Bertz CT molecular complexity index is 901. The quantitative estimate of drug-likeness (QED) is 0.904. The van der Waals surface area contributed by atoms with Crippen LogP contribution in [-0.4, -0.2) is 34.8 Å². The van der Waals surface area contributed by atoms with E-state index < -0.39 is 5.41 Å². The van der Waals surface area contributed by atoms with Crippen LogP contribution in [0.1, 0.15) is 42.1 Å². The predicted molar refractivity (Wildman–Crippen MR) is 101 cm³/mol. The number of nitrogens with zero attached hydrogens (tertiary/aromatic N) is 3. The molecule has 1 atom stereocenters. The van der Waals surface area contributed by atoms with Crippen molar-refractivity contribution in [1.29, 1.82) is 5.26 Å². The normalized spacial score (nSPS) is 19.3. The number of nitrogens with two attached hydrogens (primary N) is 1. The Balaban J connectivity index is 1.79.